The van der Waals surface area contributed by atoms with Gasteiger partial charge in [-0.1, -0.05) is 0 Å². The Morgan fingerprint density at radius 2 is 1.87 bits per heavy atom. The molecule has 1 aromatic carbocycles. The molecule has 200 valence electrons. The van der Waals surface area contributed by atoms with E-state index in [-0.39, 0.29) is 41.3 Å². The average molecular weight is 532 g/mol. The number of ether oxygens (including phenoxy) is 1. The second-order valence-corrected chi connectivity index (χ2v) is 9.40. The van der Waals surface area contributed by atoms with Crippen LogP contribution in [0, 0.1) is 5.82 Å². The highest BCUT2D eigenvalue weighted by Gasteiger charge is 2.33. The number of pyridine rings is 2. The molecule has 38 heavy (non-hydrogen) atoms. The van der Waals surface area contributed by atoms with E-state index in [1.807, 2.05) is 13.8 Å². The monoisotopic (exact) mass is 531 g/mol. The number of amides is 1. The van der Waals surface area contributed by atoms with Crippen molar-refractivity contribution in [3.05, 3.63) is 59.3 Å². The predicted molar refractivity (Wildman–Crippen MR) is 131 cm³/mol. The number of carbonyl (C=O) groups excluding carboxylic acids is 1. The summed E-state index contributed by atoms with van der Waals surface area (Å²) in [5.74, 6) is -1.31. The first-order valence-electron chi connectivity index (χ1n) is 11.9. The predicted octanol–water partition coefficient (Wildman–Crippen LogP) is 3.92. The zero-order valence-electron chi connectivity index (χ0n) is 20.8. The number of aromatic nitrogens is 4. The number of nitrogens with two attached hydrogens (primary N) is 1. The Morgan fingerprint density at radius 1 is 1.16 bits per heavy atom. The lowest BCUT2D eigenvalue weighted by Crippen LogP contribution is -2.55. The Morgan fingerprint density at radius 3 is 2.50 bits per heavy atom. The Bertz CT molecular complexity index is 1510. The molecule has 4 aromatic rings. The van der Waals surface area contributed by atoms with Gasteiger partial charge in [-0.3, -0.25) is 19.5 Å². The number of hydrazine groups is 1. The molecule has 1 amide bonds. The van der Waals surface area contributed by atoms with Crippen molar-refractivity contribution in [3.63, 3.8) is 0 Å². The van der Waals surface area contributed by atoms with Crippen LogP contribution in [0.15, 0.2) is 36.7 Å². The number of nitrogen functional groups attached to an aromatic ring is 1. The second-order valence-electron chi connectivity index (χ2n) is 9.40. The lowest BCUT2D eigenvalue weighted by atomic mass is 10.1. The van der Waals surface area contributed by atoms with Crippen molar-refractivity contribution >= 4 is 33.5 Å². The van der Waals surface area contributed by atoms with Crippen LogP contribution in [0.3, 0.4) is 0 Å². The van der Waals surface area contributed by atoms with Crippen molar-refractivity contribution in [3.8, 4) is 0 Å². The molecular formula is C25H25F4N7O2. The standard InChI is InChI=1S/C25H25F4N7O2/c1-13-10-35(11-14(2)38-13)36(12-16-5-4-15(8-31-16)25(27,28)29)24(37)17-6-18-21(7-20(17)26)33-23(30)19-9-32-34(3)22(18)19/h4-9,13-14H,10-12H2,1-3H3,(H2,30,33). The fourth-order valence-electron chi connectivity index (χ4n) is 4.77. The van der Waals surface area contributed by atoms with Gasteiger partial charge >= 0.3 is 6.18 Å². The summed E-state index contributed by atoms with van der Waals surface area (Å²) in [4.78, 5) is 22.1. The summed E-state index contributed by atoms with van der Waals surface area (Å²) in [6.07, 6.45) is -2.76. The van der Waals surface area contributed by atoms with Crippen LogP contribution in [-0.2, 0) is 24.5 Å². The molecule has 0 spiro atoms. The number of carbonyl (C=O) groups is 1. The molecule has 9 nitrogen and oxygen atoms in total. The van der Waals surface area contributed by atoms with Gasteiger partial charge in [0.2, 0.25) is 0 Å². The molecule has 1 fully saturated rings. The maximum atomic E-state index is 15.4. The van der Waals surface area contributed by atoms with E-state index in [4.69, 9.17) is 10.5 Å². The lowest BCUT2D eigenvalue weighted by Gasteiger charge is -2.42. The van der Waals surface area contributed by atoms with Crippen molar-refractivity contribution in [1.82, 2.24) is 29.8 Å². The lowest BCUT2D eigenvalue weighted by molar-refractivity contribution is -0.138. The first kappa shape index (κ1) is 25.8. The number of anilines is 1. The van der Waals surface area contributed by atoms with E-state index in [2.05, 4.69) is 15.1 Å². The molecule has 0 aliphatic carbocycles. The Kier molecular flexibility index (Phi) is 6.43. The number of benzene rings is 1. The Hall–Kier alpha value is -3.84. The fourth-order valence-corrected chi connectivity index (χ4v) is 4.77. The van der Waals surface area contributed by atoms with Gasteiger partial charge in [0.05, 0.1) is 58.2 Å². The largest absolute Gasteiger partial charge is 0.417 e. The fraction of sp³-hybridized carbons (Fsp3) is 0.360. The Balaban J connectivity index is 1.58. The number of fused-ring (bicyclic) bond motifs is 3. The molecule has 5 rings (SSSR count). The molecule has 2 N–H and O–H groups in total. The highest BCUT2D eigenvalue weighted by atomic mass is 19.4. The van der Waals surface area contributed by atoms with Crippen molar-refractivity contribution in [1.29, 1.82) is 0 Å². The average Bonchev–Trinajstić information content (AvgIpc) is 3.23. The third-order valence-corrected chi connectivity index (χ3v) is 6.47. The number of halogens is 4. The minimum Gasteiger partial charge on any atom is -0.383 e. The van der Waals surface area contributed by atoms with Crippen LogP contribution in [0.25, 0.3) is 21.8 Å². The van der Waals surface area contributed by atoms with Crippen molar-refractivity contribution in [2.75, 3.05) is 18.8 Å². The highest BCUT2D eigenvalue weighted by Crippen LogP contribution is 2.31. The summed E-state index contributed by atoms with van der Waals surface area (Å²) >= 11 is 0. The molecule has 0 bridgehead atoms. The van der Waals surface area contributed by atoms with Crippen LogP contribution in [0.5, 0.6) is 0 Å². The molecule has 2 atom stereocenters. The molecule has 13 heteroatoms. The van der Waals surface area contributed by atoms with Crippen molar-refractivity contribution in [2.24, 2.45) is 7.05 Å². The van der Waals surface area contributed by atoms with E-state index >= 15 is 4.39 Å². The van der Waals surface area contributed by atoms with Gasteiger partial charge in [0.1, 0.15) is 11.6 Å². The van der Waals surface area contributed by atoms with Gasteiger partial charge in [0.25, 0.3) is 5.91 Å². The number of hydrogen-bond donors (Lipinski definition) is 1. The molecular weight excluding hydrogens is 506 g/mol. The van der Waals surface area contributed by atoms with Gasteiger partial charge in [0, 0.05) is 37.8 Å². The van der Waals surface area contributed by atoms with Gasteiger partial charge < -0.3 is 10.5 Å². The topological polar surface area (TPSA) is 102 Å². The van der Waals surface area contributed by atoms with E-state index in [1.54, 1.807) is 22.9 Å². The minimum atomic E-state index is -4.54. The van der Waals surface area contributed by atoms with E-state index in [1.165, 1.54) is 17.1 Å². The number of aryl methyl sites for hydroxylation is 1. The van der Waals surface area contributed by atoms with Crippen LogP contribution in [0.4, 0.5) is 23.4 Å². The van der Waals surface area contributed by atoms with E-state index in [0.29, 0.717) is 35.6 Å². The van der Waals surface area contributed by atoms with Crippen LogP contribution in [0.2, 0.25) is 0 Å². The molecule has 0 saturated carbocycles. The summed E-state index contributed by atoms with van der Waals surface area (Å²) in [5, 5.41) is 8.27. The maximum absolute atomic E-state index is 15.4. The minimum absolute atomic E-state index is 0.172. The van der Waals surface area contributed by atoms with Crippen LogP contribution in [-0.4, -0.2) is 61.0 Å². The summed E-state index contributed by atoms with van der Waals surface area (Å²) < 4.78 is 61.8. The number of nitrogens with zero attached hydrogens (tertiary/aromatic N) is 6. The molecule has 1 saturated heterocycles. The third kappa shape index (κ3) is 4.74. The van der Waals surface area contributed by atoms with Gasteiger partial charge in [-0.05, 0) is 32.0 Å². The molecule has 3 aromatic heterocycles. The molecule has 1 aliphatic heterocycles. The molecule has 2 unspecified atom stereocenters. The Labute approximate surface area is 214 Å². The normalized spacial score (nSPS) is 18.8. The van der Waals surface area contributed by atoms with Crippen molar-refractivity contribution < 1.29 is 27.1 Å². The number of rotatable bonds is 4. The zero-order chi connectivity index (χ0) is 27.4. The molecule has 1 aliphatic rings. The number of hydrogen-bond acceptors (Lipinski definition) is 7. The smallest absolute Gasteiger partial charge is 0.383 e. The molecule has 0 radical (unpaired) electrons. The quantitative estimate of drug-likeness (QED) is 0.398. The summed E-state index contributed by atoms with van der Waals surface area (Å²) in [7, 11) is 1.70. The zero-order valence-corrected chi connectivity index (χ0v) is 20.8. The summed E-state index contributed by atoms with van der Waals surface area (Å²) in [6.45, 7) is 4.14. The first-order chi connectivity index (χ1) is 17.9. The third-order valence-electron chi connectivity index (χ3n) is 6.47. The van der Waals surface area contributed by atoms with Crippen LogP contribution in [0.1, 0.15) is 35.5 Å². The number of morpholine rings is 1. The van der Waals surface area contributed by atoms with Gasteiger partial charge in [0.15, 0.2) is 0 Å². The van der Waals surface area contributed by atoms with Crippen LogP contribution >= 0.6 is 0 Å². The van der Waals surface area contributed by atoms with Crippen molar-refractivity contribution in [2.45, 2.75) is 38.8 Å². The van der Waals surface area contributed by atoms with Gasteiger partial charge in [-0.15, -0.1) is 0 Å². The first-order valence-corrected chi connectivity index (χ1v) is 11.9. The van der Waals surface area contributed by atoms with Gasteiger partial charge in [-0.25, -0.2) is 14.4 Å². The van der Waals surface area contributed by atoms with E-state index in [0.717, 1.165) is 12.1 Å². The highest BCUT2D eigenvalue weighted by molar-refractivity contribution is 6.10. The summed E-state index contributed by atoms with van der Waals surface area (Å²) in [6, 6.07) is 4.66. The van der Waals surface area contributed by atoms with Crippen LogP contribution < -0.4 is 5.73 Å². The maximum Gasteiger partial charge on any atom is 0.417 e. The molecule has 4 heterocycles. The second kappa shape index (κ2) is 9.48. The summed E-state index contributed by atoms with van der Waals surface area (Å²) in [5.41, 5.74) is 5.95. The van der Waals surface area contributed by atoms with E-state index < -0.39 is 23.5 Å². The van der Waals surface area contributed by atoms with E-state index in [9.17, 15) is 18.0 Å². The van der Waals surface area contributed by atoms with Gasteiger partial charge in [-0.2, -0.15) is 18.3 Å². The number of alkyl halides is 3. The SMILES string of the molecule is CC1CN(N(Cc2ccc(C(F)(F)F)cn2)C(=O)c2cc3c(cc2F)nc(N)c2cnn(C)c23)CC(C)O1.